The van der Waals surface area contributed by atoms with E-state index in [9.17, 15) is 0 Å². The van der Waals surface area contributed by atoms with Gasteiger partial charge in [0.2, 0.25) is 0 Å². The maximum Gasteiger partial charge on any atom is 0.0724 e. The Morgan fingerprint density at radius 2 is 2.22 bits per heavy atom. The van der Waals surface area contributed by atoms with Crippen molar-refractivity contribution in [2.45, 2.75) is 25.4 Å². The molecule has 0 spiro atoms. The molecular formula is C8H12O. The molecule has 0 aliphatic heterocycles. The van der Waals surface area contributed by atoms with Crippen LogP contribution in [0.2, 0.25) is 0 Å². The number of aliphatic hydroxyl groups is 1. The molecule has 0 aromatic carbocycles. The van der Waals surface area contributed by atoms with Gasteiger partial charge in [0.15, 0.2) is 0 Å². The quantitative estimate of drug-likeness (QED) is 0.520. The summed E-state index contributed by atoms with van der Waals surface area (Å²) in [5, 5.41) is 9.09. The van der Waals surface area contributed by atoms with Gasteiger partial charge in [0, 0.05) is 0 Å². The molecule has 1 heteroatoms. The number of allylic oxidation sites excluding steroid dienone is 3. The highest BCUT2D eigenvalue weighted by Crippen LogP contribution is 2.05. The van der Waals surface area contributed by atoms with Gasteiger partial charge in [0.1, 0.15) is 0 Å². The maximum absolute atomic E-state index is 9.09. The molecule has 0 amide bonds. The monoisotopic (exact) mass is 124 g/mol. The first-order chi connectivity index (χ1) is 4.39. The van der Waals surface area contributed by atoms with Gasteiger partial charge < -0.3 is 5.11 Å². The summed E-state index contributed by atoms with van der Waals surface area (Å²) >= 11 is 0. The Kier molecular flexibility index (Phi) is 2.52. The summed E-state index contributed by atoms with van der Waals surface area (Å²) in [5.74, 6) is 0. The van der Waals surface area contributed by atoms with Gasteiger partial charge >= 0.3 is 0 Å². The van der Waals surface area contributed by atoms with Crippen LogP contribution < -0.4 is 0 Å². The average Bonchev–Trinajstić information content (AvgIpc) is 1.79. The van der Waals surface area contributed by atoms with E-state index in [-0.39, 0.29) is 6.10 Å². The summed E-state index contributed by atoms with van der Waals surface area (Å²) < 4.78 is 0. The van der Waals surface area contributed by atoms with Crippen molar-refractivity contribution in [3.63, 3.8) is 0 Å². The van der Waals surface area contributed by atoms with Crippen molar-refractivity contribution in [2.75, 3.05) is 0 Å². The fourth-order valence-electron chi connectivity index (χ4n) is 0.908. The standard InChI is InChI=1S/C8H12O/c9-8-6-4-2-1-3-5-7-8/h1-2,4,6,8-9H,3,5,7H2/b2-1-,6-4-. The minimum atomic E-state index is -0.213. The second kappa shape index (κ2) is 3.46. The maximum atomic E-state index is 9.09. The van der Waals surface area contributed by atoms with Crippen molar-refractivity contribution < 1.29 is 5.11 Å². The van der Waals surface area contributed by atoms with Crippen LogP contribution in [0, 0.1) is 0 Å². The Bertz CT molecular complexity index is 125. The van der Waals surface area contributed by atoms with E-state index in [0.717, 1.165) is 19.3 Å². The van der Waals surface area contributed by atoms with Crippen molar-refractivity contribution in [1.82, 2.24) is 0 Å². The van der Waals surface area contributed by atoms with E-state index in [1.807, 2.05) is 18.2 Å². The Morgan fingerprint density at radius 1 is 1.33 bits per heavy atom. The number of hydrogen-bond donors (Lipinski definition) is 1. The summed E-state index contributed by atoms with van der Waals surface area (Å²) in [7, 11) is 0. The molecule has 0 radical (unpaired) electrons. The molecule has 0 heterocycles. The van der Waals surface area contributed by atoms with Crippen LogP contribution in [0.1, 0.15) is 19.3 Å². The van der Waals surface area contributed by atoms with Crippen molar-refractivity contribution in [1.29, 1.82) is 0 Å². The van der Waals surface area contributed by atoms with Gasteiger partial charge in [-0.05, 0) is 19.3 Å². The van der Waals surface area contributed by atoms with Crippen molar-refractivity contribution in [3.8, 4) is 0 Å². The Morgan fingerprint density at radius 3 is 3.11 bits per heavy atom. The third-order valence-electron chi connectivity index (χ3n) is 1.45. The molecule has 0 saturated carbocycles. The lowest BCUT2D eigenvalue weighted by Gasteiger charge is -2.04. The molecule has 1 rings (SSSR count). The zero-order chi connectivity index (χ0) is 6.53. The van der Waals surface area contributed by atoms with Crippen LogP contribution in [0.3, 0.4) is 0 Å². The van der Waals surface area contributed by atoms with Crippen LogP contribution in [0.5, 0.6) is 0 Å². The van der Waals surface area contributed by atoms with E-state index >= 15 is 0 Å². The van der Waals surface area contributed by atoms with E-state index in [0.29, 0.717) is 0 Å². The molecule has 1 atom stereocenters. The molecule has 1 N–H and O–H groups in total. The van der Waals surface area contributed by atoms with Crippen molar-refractivity contribution in [3.05, 3.63) is 24.3 Å². The fourth-order valence-corrected chi connectivity index (χ4v) is 0.908. The van der Waals surface area contributed by atoms with Crippen molar-refractivity contribution >= 4 is 0 Å². The number of rotatable bonds is 0. The van der Waals surface area contributed by atoms with Crippen LogP contribution >= 0.6 is 0 Å². The molecule has 0 fully saturated rings. The third-order valence-corrected chi connectivity index (χ3v) is 1.45. The SMILES string of the molecule is OC1/C=C\C=C/CCC1. The molecule has 1 unspecified atom stereocenters. The second-order valence-electron chi connectivity index (χ2n) is 2.31. The van der Waals surface area contributed by atoms with Crippen LogP contribution in [0.15, 0.2) is 24.3 Å². The Hall–Kier alpha value is -0.560. The highest BCUT2D eigenvalue weighted by molar-refractivity contribution is 5.06. The van der Waals surface area contributed by atoms with Gasteiger partial charge in [0.25, 0.3) is 0 Å². The topological polar surface area (TPSA) is 20.2 Å². The Balaban J connectivity index is 2.44. The van der Waals surface area contributed by atoms with Crippen molar-refractivity contribution in [2.24, 2.45) is 0 Å². The van der Waals surface area contributed by atoms with E-state index < -0.39 is 0 Å². The number of hydrogen-bond acceptors (Lipinski definition) is 1. The van der Waals surface area contributed by atoms with Crippen LogP contribution in [0.25, 0.3) is 0 Å². The van der Waals surface area contributed by atoms with Crippen LogP contribution in [-0.4, -0.2) is 11.2 Å². The third kappa shape index (κ3) is 2.47. The van der Waals surface area contributed by atoms with Gasteiger partial charge in [-0.3, -0.25) is 0 Å². The van der Waals surface area contributed by atoms with Gasteiger partial charge in [0.05, 0.1) is 6.10 Å². The zero-order valence-corrected chi connectivity index (χ0v) is 5.46. The highest BCUT2D eigenvalue weighted by atomic mass is 16.3. The predicted octanol–water partition coefficient (Wildman–Crippen LogP) is 1.64. The molecule has 0 aromatic rings. The molecule has 9 heavy (non-hydrogen) atoms. The van der Waals surface area contributed by atoms with Gasteiger partial charge in [-0.25, -0.2) is 0 Å². The average molecular weight is 124 g/mol. The van der Waals surface area contributed by atoms with E-state index in [4.69, 9.17) is 5.11 Å². The summed E-state index contributed by atoms with van der Waals surface area (Å²) in [6.45, 7) is 0. The molecule has 1 aliphatic carbocycles. The van der Waals surface area contributed by atoms with Gasteiger partial charge in [-0.1, -0.05) is 24.3 Å². The predicted molar refractivity (Wildman–Crippen MR) is 38.1 cm³/mol. The minimum absolute atomic E-state index is 0.213. The van der Waals surface area contributed by atoms with E-state index in [1.165, 1.54) is 0 Å². The van der Waals surface area contributed by atoms with Crippen LogP contribution in [-0.2, 0) is 0 Å². The minimum Gasteiger partial charge on any atom is -0.389 e. The molecule has 1 aliphatic rings. The lowest BCUT2D eigenvalue weighted by molar-refractivity contribution is 0.209. The highest BCUT2D eigenvalue weighted by Gasteiger charge is 1.97. The first kappa shape index (κ1) is 6.56. The first-order valence-corrected chi connectivity index (χ1v) is 3.41. The molecular weight excluding hydrogens is 112 g/mol. The lowest BCUT2D eigenvalue weighted by atomic mass is 10.1. The van der Waals surface area contributed by atoms with Gasteiger partial charge in [-0.2, -0.15) is 0 Å². The molecule has 0 aromatic heterocycles. The first-order valence-electron chi connectivity index (χ1n) is 3.41. The summed E-state index contributed by atoms with van der Waals surface area (Å²) in [6.07, 6.45) is 10.7. The largest absolute Gasteiger partial charge is 0.389 e. The molecule has 0 saturated heterocycles. The zero-order valence-electron chi connectivity index (χ0n) is 5.46. The summed E-state index contributed by atoms with van der Waals surface area (Å²) in [5.41, 5.74) is 0. The fraction of sp³-hybridized carbons (Fsp3) is 0.500. The smallest absolute Gasteiger partial charge is 0.0724 e. The number of aliphatic hydroxyl groups excluding tert-OH is 1. The lowest BCUT2D eigenvalue weighted by Crippen LogP contribution is -2.01. The molecule has 0 bridgehead atoms. The second-order valence-corrected chi connectivity index (χ2v) is 2.31. The summed E-state index contributed by atoms with van der Waals surface area (Å²) in [4.78, 5) is 0. The Labute approximate surface area is 55.7 Å². The van der Waals surface area contributed by atoms with Gasteiger partial charge in [-0.15, -0.1) is 0 Å². The molecule has 1 nitrogen and oxygen atoms in total. The van der Waals surface area contributed by atoms with Crippen LogP contribution in [0.4, 0.5) is 0 Å². The molecule has 50 valence electrons. The van der Waals surface area contributed by atoms with E-state index in [1.54, 1.807) is 0 Å². The van der Waals surface area contributed by atoms with E-state index in [2.05, 4.69) is 6.08 Å². The normalized spacial score (nSPS) is 34.6. The summed E-state index contributed by atoms with van der Waals surface area (Å²) in [6, 6.07) is 0.